The van der Waals surface area contributed by atoms with Gasteiger partial charge in [0.2, 0.25) is 0 Å². The van der Waals surface area contributed by atoms with Crippen molar-refractivity contribution in [2.75, 3.05) is 0 Å². The van der Waals surface area contributed by atoms with E-state index in [1.807, 2.05) is 35.9 Å². The second-order valence-electron chi connectivity index (χ2n) is 9.78. The van der Waals surface area contributed by atoms with Crippen molar-refractivity contribution in [3.05, 3.63) is 87.5 Å². The van der Waals surface area contributed by atoms with E-state index in [1.54, 1.807) is 0 Å². The number of rotatable bonds is 8. The first-order valence-electron chi connectivity index (χ1n) is 12.8. The van der Waals surface area contributed by atoms with Crippen molar-refractivity contribution in [1.82, 2.24) is 30.1 Å². The van der Waals surface area contributed by atoms with Crippen LogP contribution in [0.3, 0.4) is 0 Å². The van der Waals surface area contributed by atoms with Crippen LogP contribution in [0, 0.1) is 6.92 Å². The maximum Gasteiger partial charge on any atom is 0.252 e. The summed E-state index contributed by atoms with van der Waals surface area (Å²) in [6.07, 6.45) is 6.88. The van der Waals surface area contributed by atoms with Crippen molar-refractivity contribution >= 4 is 10.9 Å². The summed E-state index contributed by atoms with van der Waals surface area (Å²) >= 11 is 0. The first-order valence-corrected chi connectivity index (χ1v) is 12.8. The highest BCUT2D eigenvalue weighted by Crippen LogP contribution is 2.33. The maximum atomic E-state index is 13.1. The summed E-state index contributed by atoms with van der Waals surface area (Å²) in [5.74, 6) is 0.870. The van der Waals surface area contributed by atoms with Crippen molar-refractivity contribution in [2.45, 2.75) is 77.5 Å². The molecule has 1 aliphatic rings. The van der Waals surface area contributed by atoms with Gasteiger partial charge in [-0.2, -0.15) is 0 Å². The molecule has 7 nitrogen and oxygen atoms in total. The summed E-state index contributed by atoms with van der Waals surface area (Å²) in [6.45, 7) is 5.45. The molecular weight excluding hydrogens is 436 g/mol. The van der Waals surface area contributed by atoms with Gasteiger partial charge in [-0.15, -0.1) is 5.10 Å². The smallest absolute Gasteiger partial charge is 0.252 e. The quantitative estimate of drug-likeness (QED) is 0.385. The van der Waals surface area contributed by atoms with Crippen LogP contribution in [0.5, 0.6) is 0 Å². The zero-order valence-corrected chi connectivity index (χ0v) is 20.7. The van der Waals surface area contributed by atoms with Crippen LogP contribution in [-0.4, -0.2) is 36.1 Å². The van der Waals surface area contributed by atoms with E-state index in [1.165, 1.54) is 24.8 Å². The largest absolute Gasteiger partial charge is 0.322 e. The third-order valence-electron chi connectivity index (χ3n) is 7.29. The van der Waals surface area contributed by atoms with Gasteiger partial charge in [0.15, 0.2) is 5.82 Å². The zero-order chi connectivity index (χ0) is 24.2. The fourth-order valence-corrected chi connectivity index (χ4v) is 5.47. The number of aryl methyl sites for hydroxylation is 1. The Morgan fingerprint density at radius 2 is 1.89 bits per heavy atom. The van der Waals surface area contributed by atoms with Gasteiger partial charge < -0.3 is 4.98 Å². The van der Waals surface area contributed by atoms with Crippen LogP contribution in [0.2, 0.25) is 0 Å². The molecule has 0 unspecified atom stereocenters. The van der Waals surface area contributed by atoms with E-state index in [2.05, 4.69) is 62.7 Å². The van der Waals surface area contributed by atoms with E-state index in [9.17, 15) is 4.79 Å². The third kappa shape index (κ3) is 5.20. The van der Waals surface area contributed by atoms with Crippen molar-refractivity contribution in [3.63, 3.8) is 0 Å². The van der Waals surface area contributed by atoms with Gasteiger partial charge >= 0.3 is 0 Å². The van der Waals surface area contributed by atoms with Crippen molar-refractivity contribution in [3.8, 4) is 0 Å². The molecule has 0 spiro atoms. The molecule has 35 heavy (non-hydrogen) atoms. The van der Waals surface area contributed by atoms with Gasteiger partial charge in [-0.1, -0.05) is 68.7 Å². The van der Waals surface area contributed by atoms with E-state index in [0.717, 1.165) is 47.1 Å². The molecule has 182 valence electrons. The molecule has 1 atom stereocenters. The molecular formula is C28H34N6O. The number of hydrogen-bond donors (Lipinski definition) is 1. The van der Waals surface area contributed by atoms with Gasteiger partial charge in [0.1, 0.15) is 0 Å². The van der Waals surface area contributed by atoms with Gasteiger partial charge in [-0.05, 0) is 65.3 Å². The highest BCUT2D eigenvalue weighted by atomic mass is 16.1. The zero-order valence-electron chi connectivity index (χ0n) is 20.7. The minimum absolute atomic E-state index is 0.0114. The molecule has 0 aliphatic heterocycles. The average Bonchev–Trinajstić information content (AvgIpc) is 3.33. The highest BCUT2D eigenvalue weighted by molar-refractivity contribution is 5.79. The van der Waals surface area contributed by atoms with Gasteiger partial charge in [0.25, 0.3) is 5.56 Å². The van der Waals surface area contributed by atoms with E-state index in [-0.39, 0.29) is 11.6 Å². The Hall–Kier alpha value is -3.32. The summed E-state index contributed by atoms with van der Waals surface area (Å²) in [5, 5.41) is 14.0. The Bertz CT molecular complexity index is 1320. The first kappa shape index (κ1) is 23.4. The lowest BCUT2D eigenvalue weighted by molar-refractivity contribution is 0.0844. The van der Waals surface area contributed by atoms with E-state index < -0.39 is 0 Å². The molecule has 0 amide bonds. The number of H-pyrrole nitrogens is 1. The van der Waals surface area contributed by atoms with E-state index in [0.29, 0.717) is 19.1 Å². The summed E-state index contributed by atoms with van der Waals surface area (Å²) in [6, 6.07) is 19.0. The molecule has 0 radical (unpaired) electrons. The predicted octanol–water partition coefficient (Wildman–Crippen LogP) is 5.16. The second-order valence-corrected chi connectivity index (χ2v) is 9.78. The molecule has 0 bridgehead atoms. The maximum absolute atomic E-state index is 13.1. The fraction of sp³-hybridized carbons (Fsp3) is 0.429. The molecule has 1 aliphatic carbocycles. The molecule has 2 heterocycles. The van der Waals surface area contributed by atoms with Crippen LogP contribution in [0.15, 0.2) is 59.4 Å². The van der Waals surface area contributed by atoms with E-state index >= 15 is 0 Å². The summed E-state index contributed by atoms with van der Waals surface area (Å²) in [7, 11) is 0. The predicted molar refractivity (Wildman–Crippen MR) is 138 cm³/mol. The molecule has 7 heteroatoms. The second kappa shape index (κ2) is 10.5. The Morgan fingerprint density at radius 1 is 1.09 bits per heavy atom. The van der Waals surface area contributed by atoms with Gasteiger partial charge in [-0.25, -0.2) is 4.68 Å². The van der Waals surface area contributed by atoms with Crippen molar-refractivity contribution < 1.29 is 0 Å². The minimum atomic E-state index is -0.0114. The summed E-state index contributed by atoms with van der Waals surface area (Å²) < 4.78 is 1.92. The topological polar surface area (TPSA) is 79.7 Å². The number of nitrogens with one attached hydrogen (secondary N) is 1. The molecule has 0 saturated heterocycles. The van der Waals surface area contributed by atoms with Gasteiger partial charge in [0, 0.05) is 23.7 Å². The van der Waals surface area contributed by atoms with Crippen molar-refractivity contribution in [1.29, 1.82) is 0 Å². The Balaban J connectivity index is 1.50. The monoisotopic (exact) mass is 470 g/mol. The number of fused-ring (bicyclic) bond motifs is 1. The van der Waals surface area contributed by atoms with Crippen LogP contribution >= 0.6 is 0 Å². The lowest BCUT2D eigenvalue weighted by Crippen LogP contribution is -2.41. The Morgan fingerprint density at radius 3 is 2.66 bits per heavy atom. The molecule has 4 aromatic rings. The lowest BCUT2D eigenvalue weighted by atomic mass is 9.92. The Labute approximate surface area is 206 Å². The minimum Gasteiger partial charge on any atom is -0.322 e. The number of aromatic amines is 1. The number of hydrogen-bond acceptors (Lipinski definition) is 5. The fourth-order valence-electron chi connectivity index (χ4n) is 5.47. The number of benzene rings is 2. The first-order chi connectivity index (χ1) is 17.1. The normalized spacial score (nSPS) is 15.6. The van der Waals surface area contributed by atoms with E-state index in [4.69, 9.17) is 0 Å². The standard InChI is InChI=1S/C28H34N6O/c1-3-26(27-30-31-32-34(27)18-21-10-6-4-7-11-21)33(24-12-8-5-9-13-24)19-23-17-22-15-14-20(2)16-25(22)29-28(23)35/h4,6-7,10-11,14-17,24,26H,3,5,8-9,12-13,18-19H2,1-2H3,(H,29,35)/t26-/m1/s1. The van der Waals surface area contributed by atoms with Crippen molar-refractivity contribution in [2.24, 2.45) is 0 Å². The summed E-state index contributed by atoms with van der Waals surface area (Å²) in [5.41, 5.74) is 3.99. The third-order valence-corrected chi connectivity index (χ3v) is 7.29. The van der Waals surface area contributed by atoms with Crippen LogP contribution in [0.1, 0.15) is 74.0 Å². The SMILES string of the molecule is CC[C@H](c1nnnn1Cc1ccccc1)N(Cc1cc2ccc(C)cc2[nH]c1=O)C1CCCCC1. The molecule has 5 rings (SSSR count). The van der Waals surface area contributed by atoms with Crippen LogP contribution in [0.4, 0.5) is 0 Å². The summed E-state index contributed by atoms with van der Waals surface area (Å²) in [4.78, 5) is 18.8. The molecule has 1 saturated carbocycles. The Kier molecular flexibility index (Phi) is 7.04. The van der Waals surface area contributed by atoms with Gasteiger partial charge in [0.05, 0.1) is 12.6 Å². The van der Waals surface area contributed by atoms with Gasteiger partial charge in [-0.3, -0.25) is 9.69 Å². The number of pyridine rings is 1. The number of nitrogens with zero attached hydrogens (tertiary/aromatic N) is 5. The lowest BCUT2D eigenvalue weighted by Gasteiger charge is -2.39. The van der Waals surface area contributed by atoms with Crippen LogP contribution in [-0.2, 0) is 13.1 Å². The van der Waals surface area contributed by atoms with Crippen LogP contribution < -0.4 is 5.56 Å². The molecule has 2 aromatic heterocycles. The molecule has 1 N–H and O–H groups in total. The van der Waals surface area contributed by atoms with Crippen LogP contribution in [0.25, 0.3) is 10.9 Å². The average molecular weight is 471 g/mol. The highest BCUT2D eigenvalue weighted by Gasteiger charge is 2.32. The number of aromatic nitrogens is 5. The number of tetrazole rings is 1. The molecule has 2 aromatic carbocycles. The molecule has 1 fully saturated rings.